The number of carbonyl (C=O) groups is 1. The van der Waals surface area contributed by atoms with E-state index in [2.05, 4.69) is 65.6 Å². The Morgan fingerprint density at radius 1 is 0.783 bits per heavy atom. The van der Waals surface area contributed by atoms with Crippen molar-refractivity contribution in [2.75, 3.05) is 6.54 Å². The molecular formula is C21H25NO. The van der Waals surface area contributed by atoms with Gasteiger partial charge in [0, 0.05) is 32.5 Å². The molecule has 0 N–H and O–H groups in total. The van der Waals surface area contributed by atoms with Crippen LogP contribution in [0.2, 0.25) is 0 Å². The summed E-state index contributed by atoms with van der Waals surface area (Å²) in [6.45, 7) is 3.03. The number of hydrogen-bond donors (Lipinski definition) is 0. The van der Waals surface area contributed by atoms with Crippen molar-refractivity contribution in [2.24, 2.45) is 5.92 Å². The van der Waals surface area contributed by atoms with E-state index in [9.17, 15) is 4.79 Å². The van der Waals surface area contributed by atoms with Gasteiger partial charge in [-0.3, -0.25) is 9.69 Å². The Balaban J connectivity index is 1.66. The van der Waals surface area contributed by atoms with Crippen LogP contribution in [0, 0.1) is 5.92 Å². The van der Waals surface area contributed by atoms with Crippen molar-refractivity contribution in [2.45, 2.75) is 38.8 Å². The van der Waals surface area contributed by atoms with Crippen LogP contribution < -0.4 is 0 Å². The third kappa shape index (κ3) is 5.04. The third-order valence-electron chi connectivity index (χ3n) is 4.68. The molecule has 2 nitrogen and oxygen atoms in total. The Kier molecular flexibility index (Phi) is 5.60. The van der Waals surface area contributed by atoms with E-state index in [-0.39, 0.29) is 0 Å². The van der Waals surface area contributed by atoms with Crippen LogP contribution in [0.1, 0.15) is 36.8 Å². The number of benzene rings is 2. The molecule has 2 heteroatoms. The molecule has 0 amide bonds. The topological polar surface area (TPSA) is 20.3 Å². The summed E-state index contributed by atoms with van der Waals surface area (Å²) >= 11 is 0. The number of carbonyl (C=O) groups excluding carboxylic acids is 1. The van der Waals surface area contributed by atoms with Crippen LogP contribution in [0.15, 0.2) is 60.7 Å². The smallest absolute Gasteiger partial charge is 0.132 e. The second kappa shape index (κ2) is 8.07. The number of Topliss-reactive ketones (excluding diaryl/α,β-unsaturated/α-hetero) is 1. The Morgan fingerprint density at radius 3 is 1.74 bits per heavy atom. The van der Waals surface area contributed by atoms with E-state index in [1.165, 1.54) is 11.1 Å². The molecule has 1 saturated carbocycles. The molecule has 0 aromatic heterocycles. The molecule has 0 spiro atoms. The van der Waals surface area contributed by atoms with Crippen molar-refractivity contribution in [3.05, 3.63) is 71.8 Å². The summed E-state index contributed by atoms with van der Waals surface area (Å²) in [5.41, 5.74) is 2.71. The molecule has 0 unspecified atom stereocenters. The van der Waals surface area contributed by atoms with E-state index in [0.29, 0.717) is 11.7 Å². The summed E-state index contributed by atoms with van der Waals surface area (Å²) in [6.07, 6.45) is 3.65. The molecule has 0 heterocycles. The maximum absolute atomic E-state index is 11.5. The van der Waals surface area contributed by atoms with Gasteiger partial charge in [0.15, 0.2) is 0 Å². The predicted octanol–water partition coefficient (Wildman–Crippen LogP) is 4.45. The Morgan fingerprint density at radius 2 is 1.26 bits per heavy atom. The van der Waals surface area contributed by atoms with Gasteiger partial charge in [0.05, 0.1) is 0 Å². The van der Waals surface area contributed by atoms with E-state index in [1.807, 2.05) is 0 Å². The molecule has 0 aliphatic heterocycles. The minimum atomic E-state index is 0.443. The molecule has 3 rings (SSSR count). The van der Waals surface area contributed by atoms with E-state index >= 15 is 0 Å². The van der Waals surface area contributed by atoms with Crippen molar-refractivity contribution in [1.82, 2.24) is 4.90 Å². The van der Waals surface area contributed by atoms with Gasteiger partial charge in [-0.15, -0.1) is 0 Å². The van der Waals surface area contributed by atoms with Gasteiger partial charge >= 0.3 is 0 Å². The maximum atomic E-state index is 11.5. The third-order valence-corrected chi connectivity index (χ3v) is 4.68. The van der Waals surface area contributed by atoms with Crippen LogP contribution in [-0.2, 0) is 17.9 Å². The second-order valence-corrected chi connectivity index (χ2v) is 6.62. The number of hydrogen-bond acceptors (Lipinski definition) is 2. The lowest BCUT2D eigenvalue weighted by Crippen LogP contribution is -2.31. The molecule has 2 aromatic carbocycles. The second-order valence-electron chi connectivity index (χ2n) is 6.62. The average Bonchev–Trinajstić information content (AvgIpc) is 2.59. The Hall–Kier alpha value is -1.93. The first kappa shape index (κ1) is 15.9. The maximum Gasteiger partial charge on any atom is 0.132 e. The number of ketones is 1. The summed E-state index contributed by atoms with van der Waals surface area (Å²) in [5, 5.41) is 0. The molecule has 0 atom stereocenters. The zero-order valence-corrected chi connectivity index (χ0v) is 13.7. The highest BCUT2D eigenvalue weighted by Crippen LogP contribution is 2.24. The molecule has 0 bridgehead atoms. The molecule has 1 aliphatic carbocycles. The first-order valence-corrected chi connectivity index (χ1v) is 8.61. The molecule has 120 valence electrons. The molecule has 23 heavy (non-hydrogen) atoms. The lowest BCUT2D eigenvalue weighted by molar-refractivity contribution is -0.121. The van der Waals surface area contributed by atoms with Gasteiger partial charge in [-0.2, -0.15) is 0 Å². The highest BCUT2D eigenvalue weighted by atomic mass is 16.1. The zero-order chi connectivity index (χ0) is 15.9. The largest absolute Gasteiger partial charge is 0.300 e. The normalized spacial score (nSPS) is 16.0. The number of rotatable bonds is 6. The predicted molar refractivity (Wildman–Crippen MR) is 94.0 cm³/mol. The van der Waals surface area contributed by atoms with Crippen molar-refractivity contribution in [1.29, 1.82) is 0 Å². The molecule has 0 radical (unpaired) electrons. The summed E-state index contributed by atoms with van der Waals surface area (Å²) in [7, 11) is 0. The van der Waals surface area contributed by atoms with Crippen molar-refractivity contribution >= 4 is 5.78 Å². The van der Waals surface area contributed by atoms with E-state index in [4.69, 9.17) is 0 Å². The van der Waals surface area contributed by atoms with Gasteiger partial charge < -0.3 is 0 Å². The molecule has 2 aromatic rings. The fourth-order valence-electron chi connectivity index (χ4n) is 3.42. The van der Waals surface area contributed by atoms with E-state index < -0.39 is 0 Å². The minimum absolute atomic E-state index is 0.443. The standard InChI is InChI=1S/C21H25NO/c23-21-13-11-20(12-14-21)17-22(15-18-7-3-1-4-8-18)16-19-9-5-2-6-10-19/h1-10,20H,11-17H2. The first-order chi connectivity index (χ1) is 11.3. The van der Waals surface area contributed by atoms with Crippen LogP contribution in [0.3, 0.4) is 0 Å². The van der Waals surface area contributed by atoms with Crippen LogP contribution >= 0.6 is 0 Å². The zero-order valence-electron chi connectivity index (χ0n) is 13.7. The fraction of sp³-hybridized carbons (Fsp3) is 0.381. The van der Waals surface area contributed by atoms with E-state index in [0.717, 1.165) is 45.3 Å². The van der Waals surface area contributed by atoms with Gasteiger partial charge in [-0.1, -0.05) is 60.7 Å². The molecule has 1 fully saturated rings. The van der Waals surface area contributed by atoms with Crippen LogP contribution in [-0.4, -0.2) is 17.2 Å². The summed E-state index contributed by atoms with van der Waals surface area (Å²) < 4.78 is 0. The average molecular weight is 307 g/mol. The summed E-state index contributed by atoms with van der Waals surface area (Å²) in [4.78, 5) is 14.0. The van der Waals surface area contributed by atoms with Crippen LogP contribution in [0.25, 0.3) is 0 Å². The van der Waals surface area contributed by atoms with Crippen molar-refractivity contribution in [3.63, 3.8) is 0 Å². The molecular weight excluding hydrogens is 282 g/mol. The monoisotopic (exact) mass is 307 g/mol. The highest BCUT2D eigenvalue weighted by Gasteiger charge is 2.21. The Bertz CT molecular complexity index is 557. The van der Waals surface area contributed by atoms with Crippen molar-refractivity contribution in [3.8, 4) is 0 Å². The van der Waals surface area contributed by atoms with E-state index in [1.54, 1.807) is 0 Å². The fourth-order valence-corrected chi connectivity index (χ4v) is 3.42. The first-order valence-electron chi connectivity index (χ1n) is 8.61. The van der Waals surface area contributed by atoms with Crippen LogP contribution in [0.5, 0.6) is 0 Å². The number of nitrogens with zero attached hydrogens (tertiary/aromatic N) is 1. The lowest BCUT2D eigenvalue weighted by atomic mass is 9.88. The summed E-state index contributed by atoms with van der Waals surface area (Å²) in [6, 6.07) is 21.3. The Labute approximate surface area is 139 Å². The lowest BCUT2D eigenvalue weighted by Gasteiger charge is -2.29. The summed E-state index contributed by atoms with van der Waals surface area (Å²) in [5.74, 6) is 1.10. The molecule has 1 aliphatic rings. The molecule has 0 saturated heterocycles. The quantitative estimate of drug-likeness (QED) is 0.786. The van der Waals surface area contributed by atoms with Gasteiger partial charge in [-0.05, 0) is 29.9 Å². The van der Waals surface area contributed by atoms with Gasteiger partial charge in [0.1, 0.15) is 5.78 Å². The van der Waals surface area contributed by atoms with Gasteiger partial charge in [0.2, 0.25) is 0 Å². The minimum Gasteiger partial charge on any atom is -0.300 e. The highest BCUT2D eigenvalue weighted by molar-refractivity contribution is 5.79. The van der Waals surface area contributed by atoms with Crippen LogP contribution in [0.4, 0.5) is 0 Å². The van der Waals surface area contributed by atoms with Gasteiger partial charge in [0.25, 0.3) is 0 Å². The SMILES string of the molecule is O=C1CCC(CN(Cc2ccccc2)Cc2ccccc2)CC1. The van der Waals surface area contributed by atoms with Gasteiger partial charge in [-0.25, -0.2) is 0 Å². The van der Waals surface area contributed by atoms with Crippen molar-refractivity contribution < 1.29 is 4.79 Å².